The molecule has 1 unspecified atom stereocenters. The number of benzene rings is 1. The summed E-state index contributed by atoms with van der Waals surface area (Å²) in [5.41, 5.74) is 2.26. The van der Waals surface area contributed by atoms with Crippen molar-refractivity contribution in [3.63, 3.8) is 0 Å². The van der Waals surface area contributed by atoms with Gasteiger partial charge in [-0.25, -0.2) is 9.40 Å². The summed E-state index contributed by atoms with van der Waals surface area (Å²) in [5, 5.41) is 12.7. The number of hydrogen-bond donors (Lipinski definition) is 2. The average molecular weight is 440 g/mol. The number of allylic oxidation sites excluding steroid dienone is 1. The van der Waals surface area contributed by atoms with Crippen molar-refractivity contribution in [2.45, 2.75) is 45.8 Å². The van der Waals surface area contributed by atoms with Crippen molar-refractivity contribution >= 4 is 12.0 Å². The number of rotatable bonds is 6. The largest absolute Gasteiger partial charge is 0.510 e. The Morgan fingerprint density at radius 1 is 1.35 bits per heavy atom. The quantitative estimate of drug-likeness (QED) is 0.376. The van der Waals surface area contributed by atoms with Crippen molar-refractivity contribution in [3.8, 4) is 0 Å². The Hall–Kier alpha value is -2.81. The molecule has 2 heterocycles. The number of nitrogens with zero attached hydrogens (tertiary/aromatic N) is 1. The average Bonchev–Trinajstić information content (AvgIpc) is 3.19. The summed E-state index contributed by atoms with van der Waals surface area (Å²) >= 11 is 0. The molecule has 1 amide bonds. The minimum Gasteiger partial charge on any atom is -0.510 e. The molecular weight excluding hydrogens is 416 g/mol. The fraction of sp³-hybridized carbons (Fsp3) is 0.409. The van der Waals surface area contributed by atoms with Gasteiger partial charge in [-0.05, 0) is 42.5 Å². The molecule has 5 nitrogen and oxygen atoms in total. The van der Waals surface area contributed by atoms with E-state index in [9.17, 15) is 27.5 Å². The third-order valence-electron chi connectivity index (χ3n) is 5.27. The Morgan fingerprint density at radius 2 is 2.06 bits per heavy atom. The SMILES string of the molecule is Cc1cc(/C(Cc2cccc(F)c2)=C(\O)C2CC(C)(C)CN2NC=O)c(C(F)(F)F)o1. The number of carbonyl (C=O) groups is 1. The molecule has 1 saturated heterocycles. The van der Waals surface area contributed by atoms with Gasteiger partial charge < -0.3 is 9.52 Å². The lowest BCUT2D eigenvalue weighted by Gasteiger charge is -2.24. The van der Waals surface area contributed by atoms with E-state index >= 15 is 0 Å². The van der Waals surface area contributed by atoms with Gasteiger partial charge in [0.1, 0.15) is 17.3 Å². The van der Waals surface area contributed by atoms with Crippen LogP contribution in [0.4, 0.5) is 17.6 Å². The van der Waals surface area contributed by atoms with Crippen LogP contribution in [0.5, 0.6) is 0 Å². The summed E-state index contributed by atoms with van der Waals surface area (Å²) in [6.07, 6.45) is -4.09. The number of halogens is 4. The lowest BCUT2D eigenvalue weighted by molar-refractivity contribution is -0.153. The first-order chi connectivity index (χ1) is 14.4. The van der Waals surface area contributed by atoms with Crippen LogP contribution in [0.25, 0.3) is 5.57 Å². The van der Waals surface area contributed by atoms with Crippen molar-refractivity contribution in [1.29, 1.82) is 0 Å². The first kappa shape index (κ1) is 22.9. The topological polar surface area (TPSA) is 65.7 Å². The molecule has 1 aromatic carbocycles. The molecule has 0 aliphatic carbocycles. The first-order valence-electron chi connectivity index (χ1n) is 9.72. The molecule has 31 heavy (non-hydrogen) atoms. The molecular formula is C22H24F4N2O3. The molecule has 2 N–H and O–H groups in total. The van der Waals surface area contributed by atoms with Gasteiger partial charge in [0.25, 0.3) is 0 Å². The predicted molar refractivity (Wildman–Crippen MR) is 106 cm³/mol. The molecule has 9 heteroatoms. The van der Waals surface area contributed by atoms with Gasteiger partial charge in [-0.3, -0.25) is 10.2 Å². The van der Waals surface area contributed by atoms with Crippen molar-refractivity contribution < 1.29 is 31.9 Å². The monoisotopic (exact) mass is 440 g/mol. The number of alkyl halides is 3. The van der Waals surface area contributed by atoms with E-state index in [1.54, 1.807) is 6.07 Å². The number of furan rings is 1. The number of hydrazine groups is 1. The highest BCUT2D eigenvalue weighted by Crippen LogP contribution is 2.42. The van der Waals surface area contributed by atoms with E-state index in [4.69, 9.17) is 4.42 Å². The van der Waals surface area contributed by atoms with E-state index in [0.717, 1.165) is 0 Å². The van der Waals surface area contributed by atoms with Gasteiger partial charge in [0.15, 0.2) is 0 Å². The Bertz CT molecular complexity index is 995. The van der Waals surface area contributed by atoms with E-state index in [1.807, 2.05) is 13.8 Å². The highest BCUT2D eigenvalue weighted by atomic mass is 19.4. The molecule has 0 radical (unpaired) electrons. The van der Waals surface area contributed by atoms with Crippen LogP contribution in [0.2, 0.25) is 0 Å². The van der Waals surface area contributed by atoms with Crippen LogP contribution in [0.3, 0.4) is 0 Å². The summed E-state index contributed by atoms with van der Waals surface area (Å²) < 4.78 is 59.6. The molecule has 1 atom stereocenters. The van der Waals surface area contributed by atoms with Crippen molar-refractivity contribution in [3.05, 3.63) is 64.6 Å². The van der Waals surface area contributed by atoms with Gasteiger partial charge in [0.05, 0.1) is 6.04 Å². The summed E-state index contributed by atoms with van der Waals surface area (Å²) in [4.78, 5) is 11.0. The second kappa shape index (κ2) is 8.37. The number of aryl methyl sites for hydroxylation is 1. The van der Waals surface area contributed by atoms with Crippen molar-refractivity contribution in [2.75, 3.05) is 6.54 Å². The minimum atomic E-state index is -4.78. The number of aliphatic hydroxyl groups is 1. The van der Waals surface area contributed by atoms with Crippen LogP contribution in [0, 0.1) is 18.2 Å². The summed E-state index contributed by atoms with van der Waals surface area (Å²) in [5.74, 6) is -2.06. The van der Waals surface area contributed by atoms with E-state index in [1.165, 1.54) is 36.2 Å². The molecule has 168 valence electrons. The Kier molecular flexibility index (Phi) is 6.18. The number of aliphatic hydroxyl groups excluding tert-OH is 1. The maximum absolute atomic E-state index is 13.7. The Morgan fingerprint density at radius 3 is 2.68 bits per heavy atom. The Labute approximate surface area is 177 Å². The molecule has 2 aromatic rings. The number of carbonyl (C=O) groups excluding carboxylic acids is 1. The number of hydrogen-bond acceptors (Lipinski definition) is 4. The molecule has 0 bridgehead atoms. The van der Waals surface area contributed by atoms with Crippen LogP contribution >= 0.6 is 0 Å². The highest BCUT2D eigenvalue weighted by molar-refractivity contribution is 5.72. The lowest BCUT2D eigenvalue weighted by Crippen LogP contribution is -2.42. The third-order valence-corrected chi connectivity index (χ3v) is 5.27. The molecule has 1 aliphatic rings. The van der Waals surface area contributed by atoms with E-state index in [0.29, 0.717) is 24.9 Å². The zero-order chi connectivity index (χ0) is 23.0. The molecule has 1 fully saturated rings. The standard InChI is InChI=1S/C22H24F4N2O3/c1-13-7-17(20(31-13)22(24,25)26)16(9-14-5-4-6-15(23)8-14)19(30)18-10-21(2,3)11-28(18)27-12-29/h4-8,12,18,30H,9-11H2,1-3H3,(H,27,29)/b19-16-. The van der Waals surface area contributed by atoms with Crippen LogP contribution in [0.15, 0.2) is 40.5 Å². The van der Waals surface area contributed by atoms with Crippen LogP contribution < -0.4 is 5.43 Å². The van der Waals surface area contributed by atoms with E-state index < -0.39 is 23.8 Å². The molecule has 0 saturated carbocycles. The molecule has 3 rings (SSSR count). The molecule has 1 aromatic heterocycles. The lowest BCUT2D eigenvalue weighted by atomic mass is 9.88. The normalized spacial score (nSPS) is 19.9. The smallest absolute Gasteiger partial charge is 0.450 e. The van der Waals surface area contributed by atoms with E-state index in [2.05, 4.69) is 5.43 Å². The van der Waals surface area contributed by atoms with Gasteiger partial charge in [-0.1, -0.05) is 26.0 Å². The maximum Gasteiger partial charge on any atom is 0.450 e. The molecule has 1 aliphatic heterocycles. The van der Waals surface area contributed by atoms with Gasteiger partial charge in [-0.2, -0.15) is 13.2 Å². The van der Waals surface area contributed by atoms with Crippen molar-refractivity contribution in [1.82, 2.24) is 10.4 Å². The Balaban J connectivity index is 2.17. The highest BCUT2D eigenvalue weighted by Gasteiger charge is 2.43. The second-order valence-electron chi connectivity index (χ2n) is 8.53. The predicted octanol–water partition coefficient (Wildman–Crippen LogP) is 5.02. The van der Waals surface area contributed by atoms with Gasteiger partial charge in [0, 0.05) is 24.1 Å². The fourth-order valence-electron chi connectivity index (χ4n) is 4.04. The van der Waals surface area contributed by atoms with Crippen LogP contribution in [-0.4, -0.2) is 29.1 Å². The van der Waals surface area contributed by atoms with Crippen molar-refractivity contribution in [2.24, 2.45) is 5.41 Å². The third kappa shape index (κ3) is 5.10. The maximum atomic E-state index is 13.7. The van der Waals surface area contributed by atoms with E-state index in [-0.39, 0.29) is 34.5 Å². The molecule has 0 spiro atoms. The summed E-state index contributed by atoms with van der Waals surface area (Å²) in [6, 6.07) is 5.91. The van der Waals surface area contributed by atoms with Crippen LogP contribution in [-0.2, 0) is 17.4 Å². The van der Waals surface area contributed by atoms with Crippen LogP contribution in [0.1, 0.15) is 42.9 Å². The number of nitrogens with one attached hydrogen (secondary N) is 1. The zero-order valence-corrected chi connectivity index (χ0v) is 17.4. The second-order valence-corrected chi connectivity index (χ2v) is 8.53. The minimum absolute atomic E-state index is 0.0292. The first-order valence-corrected chi connectivity index (χ1v) is 9.72. The zero-order valence-electron chi connectivity index (χ0n) is 17.4. The number of amides is 1. The van der Waals surface area contributed by atoms with Gasteiger partial charge in [0.2, 0.25) is 12.2 Å². The summed E-state index contributed by atoms with van der Waals surface area (Å²) in [7, 11) is 0. The van der Waals surface area contributed by atoms with Gasteiger partial charge in [-0.15, -0.1) is 0 Å². The summed E-state index contributed by atoms with van der Waals surface area (Å²) in [6.45, 7) is 5.63. The fourth-order valence-corrected chi connectivity index (χ4v) is 4.04. The van der Waals surface area contributed by atoms with Gasteiger partial charge >= 0.3 is 6.18 Å².